The second-order valence-electron chi connectivity index (χ2n) is 4.99. The van der Waals surface area contributed by atoms with Crippen molar-refractivity contribution >= 4 is 29.8 Å². The molecule has 0 amide bonds. The molecule has 2 aromatic rings. The molecule has 1 N–H and O–H groups in total. The maximum absolute atomic E-state index is 5.24. The molecule has 1 aliphatic heterocycles. The van der Waals surface area contributed by atoms with E-state index < -0.39 is 0 Å². The van der Waals surface area contributed by atoms with Crippen LogP contribution in [0.1, 0.15) is 30.8 Å². The van der Waals surface area contributed by atoms with E-state index in [0.717, 1.165) is 29.8 Å². The number of nitrogens with zero attached hydrogens (tertiary/aromatic N) is 4. The predicted octanol–water partition coefficient (Wildman–Crippen LogP) is 3.11. The van der Waals surface area contributed by atoms with Crippen LogP contribution in [0.25, 0.3) is 0 Å². The van der Waals surface area contributed by atoms with Gasteiger partial charge in [-0.2, -0.15) is 0 Å². The summed E-state index contributed by atoms with van der Waals surface area (Å²) in [6, 6.07) is 2.05. The number of H-pyrrole nitrogens is 1. The van der Waals surface area contributed by atoms with E-state index in [1.165, 1.54) is 31.0 Å². The molecule has 6 nitrogen and oxygen atoms in total. The highest BCUT2D eigenvalue weighted by atomic mass is 32.2. The molecule has 1 aliphatic rings. The summed E-state index contributed by atoms with van der Waals surface area (Å²) >= 11 is 6.37. The number of hydrogen-bond acceptors (Lipinski definition) is 7. The molecule has 3 rings (SSSR count). The summed E-state index contributed by atoms with van der Waals surface area (Å²) < 4.78 is 5.24. The van der Waals surface area contributed by atoms with Gasteiger partial charge in [0, 0.05) is 24.8 Å². The highest BCUT2D eigenvalue weighted by Crippen LogP contribution is 2.23. The molecular weight excluding hydrogens is 306 g/mol. The summed E-state index contributed by atoms with van der Waals surface area (Å²) in [4.78, 5) is 11.8. The number of nitrogens with one attached hydrogen (secondary N) is 1. The van der Waals surface area contributed by atoms with Gasteiger partial charge >= 0.3 is 0 Å². The number of aryl methyl sites for hydroxylation is 1. The second-order valence-corrected chi connectivity index (χ2v) is 6.31. The van der Waals surface area contributed by atoms with Gasteiger partial charge in [-0.25, -0.2) is 15.1 Å². The van der Waals surface area contributed by atoms with Crippen LogP contribution >= 0.6 is 24.0 Å². The maximum Gasteiger partial charge on any atom is 0.284 e. The van der Waals surface area contributed by atoms with Crippen LogP contribution in [0, 0.1) is 11.8 Å². The molecule has 0 aromatic carbocycles. The average molecular weight is 323 g/mol. The van der Waals surface area contributed by atoms with Gasteiger partial charge in [-0.1, -0.05) is 11.8 Å². The van der Waals surface area contributed by atoms with Gasteiger partial charge in [0.25, 0.3) is 4.84 Å². The van der Waals surface area contributed by atoms with E-state index in [0.29, 0.717) is 16.5 Å². The van der Waals surface area contributed by atoms with Crippen molar-refractivity contribution < 1.29 is 4.42 Å². The lowest BCUT2D eigenvalue weighted by Gasteiger charge is -2.28. The van der Waals surface area contributed by atoms with Crippen LogP contribution in [0.3, 0.4) is 0 Å². The van der Waals surface area contributed by atoms with Gasteiger partial charge < -0.3 is 9.32 Å². The zero-order valence-electron chi connectivity index (χ0n) is 11.8. The van der Waals surface area contributed by atoms with Crippen molar-refractivity contribution in [3.8, 4) is 0 Å². The smallest absolute Gasteiger partial charge is 0.284 e. The first-order valence-electron chi connectivity index (χ1n) is 6.98. The zero-order chi connectivity index (χ0) is 14.7. The Morgan fingerprint density at radius 2 is 2.14 bits per heavy atom. The molecule has 1 saturated heterocycles. The summed E-state index contributed by atoms with van der Waals surface area (Å²) in [7, 11) is 0. The molecule has 21 heavy (non-hydrogen) atoms. The average Bonchev–Trinajstić information content (AvgIpc) is 2.91. The summed E-state index contributed by atoms with van der Waals surface area (Å²) in [6.45, 7) is 4.16. The Hall–Kier alpha value is -1.41. The van der Waals surface area contributed by atoms with Crippen LogP contribution in [-0.4, -0.2) is 33.3 Å². The minimum absolute atomic E-state index is 0.296. The van der Waals surface area contributed by atoms with Crippen molar-refractivity contribution in [3.05, 3.63) is 22.5 Å². The number of aromatic nitrogens is 4. The molecule has 0 unspecified atom stereocenters. The molecule has 3 heterocycles. The zero-order valence-corrected chi connectivity index (χ0v) is 13.5. The summed E-state index contributed by atoms with van der Waals surface area (Å²) in [5.41, 5.74) is 0.982. The van der Waals surface area contributed by atoms with Crippen LogP contribution in [0.15, 0.2) is 15.6 Å². The normalized spacial score (nSPS) is 15.4. The van der Waals surface area contributed by atoms with Crippen molar-refractivity contribution in [2.45, 2.75) is 37.1 Å². The Bertz CT molecular complexity index is 663. The van der Waals surface area contributed by atoms with Crippen LogP contribution in [0.5, 0.6) is 0 Å². The molecule has 0 atom stereocenters. The fourth-order valence-electron chi connectivity index (χ4n) is 2.32. The molecule has 1 fully saturated rings. The van der Waals surface area contributed by atoms with Crippen molar-refractivity contribution in [3.63, 3.8) is 0 Å². The second kappa shape index (κ2) is 6.57. The molecule has 0 spiro atoms. The maximum atomic E-state index is 5.24. The van der Waals surface area contributed by atoms with Crippen LogP contribution in [0.2, 0.25) is 0 Å². The topological polar surface area (TPSA) is 70.8 Å². The van der Waals surface area contributed by atoms with Gasteiger partial charge in [0.1, 0.15) is 5.82 Å². The molecule has 0 saturated carbocycles. The van der Waals surface area contributed by atoms with Gasteiger partial charge in [0.05, 0.1) is 5.75 Å². The summed E-state index contributed by atoms with van der Waals surface area (Å²) in [5, 5.41) is 7.35. The van der Waals surface area contributed by atoms with Crippen molar-refractivity contribution in [1.82, 2.24) is 20.2 Å². The lowest BCUT2D eigenvalue weighted by molar-refractivity contribution is 0.500. The van der Waals surface area contributed by atoms with Gasteiger partial charge in [0.15, 0.2) is 5.16 Å². The molecule has 112 valence electrons. The number of thioether (sulfide) groups is 1. The van der Waals surface area contributed by atoms with Gasteiger partial charge in [-0.15, -0.1) is 5.10 Å². The first-order valence-corrected chi connectivity index (χ1v) is 8.38. The first-order chi connectivity index (χ1) is 10.2. The predicted molar refractivity (Wildman–Crippen MR) is 84.1 cm³/mol. The first kappa shape index (κ1) is 14.5. The van der Waals surface area contributed by atoms with Crippen LogP contribution < -0.4 is 4.90 Å². The number of hydrogen-bond donors (Lipinski definition) is 1. The highest BCUT2D eigenvalue weighted by molar-refractivity contribution is 7.98. The van der Waals surface area contributed by atoms with Crippen LogP contribution in [0.4, 0.5) is 5.82 Å². The van der Waals surface area contributed by atoms with E-state index in [-0.39, 0.29) is 0 Å². The van der Waals surface area contributed by atoms with Crippen molar-refractivity contribution in [1.29, 1.82) is 0 Å². The molecule has 0 aliphatic carbocycles. The number of rotatable bonds is 4. The Morgan fingerprint density at radius 1 is 1.33 bits per heavy atom. The molecule has 8 heteroatoms. The highest BCUT2D eigenvalue weighted by Gasteiger charge is 2.14. The van der Waals surface area contributed by atoms with E-state index in [9.17, 15) is 0 Å². The lowest BCUT2D eigenvalue weighted by atomic mass is 10.1. The molecule has 0 bridgehead atoms. The Labute approximate surface area is 132 Å². The number of anilines is 1. The van der Waals surface area contributed by atoms with E-state index in [1.807, 2.05) is 6.92 Å². The SMILES string of the molecule is Cc1cc(N2CCCCC2)nc(SCc2n[nH]c(=S)o2)n1. The Balaban J connectivity index is 1.72. The van der Waals surface area contributed by atoms with Crippen LogP contribution in [-0.2, 0) is 5.75 Å². The third-order valence-electron chi connectivity index (χ3n) is 3.31. The standard InChI is InChI=1S/C13H17N5OS2/c1-9-7-10(18-5-3-2-4-6-18)15-12(14-9)21-8-11-16-17-13(20)19-11/h7H,2-6,8H2,1H3,(H,17,20). The third kappa shape index (κ3) is 3.82. The van der Waals surface area contributed by atoms with Gasteiger partial charge in [-0.3, -0.25) is 0 Å². The molecule has 0 radical (unpaired) electrons. The largest absolute Gasteiger partial charge is 0.413 e. The monoisotopic (exact) mass is 323 g/mol. The minimum atomic E-state index is 0.296. The fourth-order valence-corrected chi connectivity index (χ4v) is 3.21. The minimum Gasteiger partial charge on any atom is -0.413 e. The molecule has 2 aromatic heterocycles. The fraction of sp³-hybridized carbons (Fsp3) is 0.538. The van der Waals surface area contributed by atoms with Crippen molar-refractivity contribution in [2.75, 3.05) is 18.0 Å². The van der Waals surface area contributed by atoms with Gasteiger partial charge in [-0.05, 0) is 38.4 Å². The van der Waals surface area contributed by atoms with E-state index in [4.69, 9.17) is 16.6 Å². The van der Waals surface area contributed by atoms with E-state index >= 15 is 0 Å². The summed E-state index contributed by atoms with van der Waals surface area (Å²) in [5.74, 6) is 2.15. The Kier molecular flexibility index (Phi) is 4.54. The number of piperidine rings is 1. The van der Waals surface area contributed by atoms with Crippen molar-refractivity contribution in [2.24, 2.45) is 0 Å². The number of aromatic amines is 1. The lowest BCUT2D eigenvalue weighted by Crippen LogP contribution is -2.30. The van der Waals surface area contributed by atoms with E-state index in [1.54, 1.807) is 0 Å². The van der Waals surface area contributed by atoms with E-state index in [2.05, 4.69) is 31.1 Å². The Morgan fingerprint density at radius 3 is 2.86 bits per heavy atom. The third-order valence-corrected chi connectivity index (χ3v) is 4.31. The quantitative estimate of drug-likeness (QED) is 0.526. The van der Waals surface area contributed by atoms with Gasteiger partial charge in [0.2, 0.25) is 5.89 Å². The summed E-state index contributed by atoms with van der Waals surface area (Å²) in [6.07, 6.45) is 3.78. The molecular formula is C13H17N5OS2.